The summed E-state index contributed by atoms with van der Waals surface area (Å²) in [6.07, 6.45) is 3.35. The molecule has 0 radical (unpaired) electrons. The van der Waals surface area contributed by atoms with Gasteiger partial charge in [-0.15, -0.1) is 0 Å². The van der Waals surface area contributed by atoms with Gasteiger partial charge in [0.15, 0.2) is 0 Å². The van der Waals surface area contributed by atoms with Gasteiger partial charge in [0.05, 0.1) is 11.1 Å². The molecular weight excluding hydrogens is 224 g/mol. The van der Waals surface area contributed by atoms with Crippen LogP contribution in [0, 0.1) is 16.0 Å². The van der Waals surface area contributed by atoms with E-state index in [4.69, 9.17) is 5.73 Å². The number of hydrogen-bond donors (Lipinski definition) is 3. The molecule has 1 fully saturated rings. The van der Waals surface area contributed by atoms with Gasteiger partial charge < -0.3 is 16.0 Å². The lowest BCUT2D eigenvalue weighted by atomic mass is 10.2. The van der Waals surface area contributed by atoms with Crippen molar-refractivity contribution >= 4 is 11.6 Å². The SMILES string of the molecule is NCC(NC(=O)c1cc([N+](=O)[O-])c[nH]1)C1CC1. The Bertz CT molecular complexity index is 439. The molecule has 1 amide bonds. The zero-order valence-corrected chi connectivity index (χ0v) is 9.18. The third-order valence-electron chi connectivity index (χ3n) is 2.88. The number of aromatic nitrogens is 1. The van der Waals surface area contributed by atoms with Gasteiger partial charge in [0.1, 0.15) is 5.69 Å². The molecule has 1 atom stereocenters. The molecule has 17 heavy (non-hydrogen) atoms. The molecule has 4 N–H and O–H groups in total. The van der Waals surface area contributed by atoms with Crippen LogP contribution in [0.25, 0.3) is 0 Å². The van der Waals surface area contributed by atoms with Gasteiger partial charge in [0, 0.05) is 18.7 Å². The van der Waals surface area contributed by atoms with Gasteiger partial charge >= 0.3 is 0 Å². The third kappa shape index (κ3) is 2.62. The van der Waals surface area contributed by atoms with E-state index in [2.05, 4.69) is 10.3 Å². The predicted octanol–water partition coefficient (Wildman–Crippen LogP) is 0.390. The number of amides is 1. The molecule has 92 valence electrons. The second-order valence-electron chi connectivity index (χ2n) is 4.18. The molecular formula is C10H14N4O3. The summed E-state index contributed by atoms with van der Waals surface area (Å²) < 4.78 is 0. The number of H-pyrrole nitrogens is 1. The van der Waals surface area contributed by atoms with Crippen LogP contribution in [0.5, 0.6) is 0 Å². The minimum atomic E-state index is -0.547. The Hall–Kier alpha value is -1.89. The molecule has 7 nitrogen and oxygen atoms in total. The second-order valence-corrected chi connectivity index (χ2v) is 4.18. The third-order valence-corrected chi connectivity index (χ3v) is 2.88. The number of nitrogens with one attached hydrogen (secondary N) is 2. The van der Waals surface area contributed by atoms with E-state index in [1.54, 1.807) is 0 Å². The molecule has 1 aromatic heterocycles. The maximum atomic E-state index is 11.8. The fourth-order valence-electron chi connectivity index (χ4n) is 1.73. The Morgan fingerprint density at radius 3 is 2.88 bits per heavy atom. The quantitative estimate of drug-likeness (QED) is 0.508. The van der Waals surface area contributed by atoms with E-state index in [1.165, 1.54) is 12.3 Å². The first-order valence-electron chi connectivity index (χ1n) is 5.45. The molecule has 0 bridgehead atoms. The molecule has 1 aliphatic rings. The Morgan fingerprint density at radius 1 is 1.71 bits per heavy atom. The van der Waals surface area contributed by atoms with E-state index < -0.39 is 4.92 Å². The fraction of sp³-hybridized carbons (Fsp3) is 0.500. The number of aromatic amines is 1. The van der Waals surface area contributed by atoms with Gasteiger partial charge in [0.25, 0.3) is 11.6 Å². The van der Waals surface area contributed by atoms with Crippen molar-refractivity contribution in [2.24, 2.45) is 11.7 Å². The first-order valence-corrected chi connectivity index (χ1v) is 5.45. The van der Waals surface area contributed by atoms with Crippen molar-refractivity contribution in [3.05, 3.63) is 28.1 Å². The van der Waals surface area contributed by atoms with Gasteiger partial charge in [-0.2, -0.15) is 0 Å². The number of nitro groups is 1. The Labute approximate surface area is 97.5 Å². The van der Waals surface area contributed by atoms with E-state index in [9.17, 15) is 14.9 Å². The van der Waals surface area contributed by atoms with Crippen LogP contribution in [0.1, 0.15) is 23.3 Å². The van der Waals surface area contributed by atoms with Gasteiger partial charge in [-0.25, -0.2) is 0 Å². The van der Waals surface area contributed by atoms with E-state index in [-0.39, 0.29) is 23.3 Å². The first kappa shape index (κ1) is 11.6. The topological polar surface area (TPSA) is 114 Å². The molecule has 1 heterocycles. The van der Waals surface area contributed by atoms with Crippen LogP contribution in [0.15, 0.2) is 12.3 Å². The fourth-order valence-corrected chi connectivity index (χ4v) is 1.73. The summed E-state index contributed by atoms with van der Waals surface area (Å²) in [6.45, 7) is 0.388. The normalized spacial score (nSPS) is 16.5. The number of nitrogens with two attached hydrogens (primary N) is 1. The summed E-state index contributed by atoms with van der Waals surface area (Å²) in [6, 6.07) is 1.18. The molecule has 1 aliphatic carbocycles. The van der Waals surface area contributed by atoms with E-state index >= 15 is 0 Å². The highest BCUT2D eigenvalue weighted by Gasteiger charge is 2.31. The van der Waals surface area contributed by atoms with Crippen molar-refractivity contribution in [3.63, 3.8) is 0 Å². The number of hydrogen-bond acceptors (Lipinski definition) is 4. The van der Waals surface area contributed by atoms with Crippen LogP contribution >= 0.6 is 0 Å². The number of carbonyl (C=O) groups excluding carboxylic acids is 1. The molecule has 1 aromatic rings. The van der Waals surface area contributed by atoms with Crippen molar-refractivity contribution in [1.82, 2.24) is 10.3 Å². The highest BCUT2D eigenvalue weighted by Crippen LogP contribution is 2.32. The van der Waals surface area contributed by atoms with Crippen molar-refractivity contribution < 1.29 is 9.72 Å². The summed E-state index contributed by atoms with van der Waals surface area (Å²) in [5.41, 5.74) is 5.63. The lowest BCUT2D eigenvalue weighted by Crippen LogP contribution is -2.41. The van der Waals surface area contributed by atoms with Crippen molar-refractivity contribution in [2.45, 2.75) is 18.9 Å². The largest absolute Gasteiger partial charge is 0.351 e. The molecule has 1 saturated carbocycles. The lowest BCUT2D eigenvalue weighted by Gasteiger charge is -2.14. The van der Waals surface area contributed by atoms with Gasteiger partial charge in [-0.05, 0) is 18.8 Å². The van der Waals surface area contributed by atoms with Crippen LogP contribution in [-0.4, -0.2) is 28.4 Å². The number of carbonyl (C=O) groups is 1. The van der Waals surface area contributed by atoms with Crippen LogP contribution in [0.3, 0.4) is 0 Å². The average Bonchev–Trinajstić information content (AvgIpc) is 3.01. The molecule has 0 spiro atoms. The van der Waals surface area contributed by atoms with Crippen molar-refractivity contribution in [2.75, 3.05) is 6.54 Å². The zero-order valence-electron chi connectivity index (χ0n) is 9.18. The molecule has 1 unspecified atom stereocenters. The maximum Gasteiger partial charge on any atom is 0.287 e. The summed E-state index contributed by atoms with van der Waals surface area (Å²) in [5.74, 6) is 0.106. The Morgan fingerprint density at radius 2 is 2.41 bits per heavy atom. The summed E-state index contributed by atoms with van der Waals surface area (Å²) in [7, 11) is 0. The predicted molar refractivity (Wildman–Crippen MR) is 60.5 cm³/mol. The van der Waals surface area contributed by atoms with Gasteiger partial charge in [-0.3, -0.25) is 14.9 Å². The standard InChI is InChI=1S/C10H14N4O3/c11-4-9(6-1-2-6)13-10(15)8-3-7(5-12-8)14(16)17/h3,5-6,9,12H,1-2,4,11H2,(H,13,15). The summed E-state index contributed by atoms with van der Waals surface area (Å²) in [5, 5.41) is 13.2. The lowest BCUT2D eigenvalue weighted by molar-refractivity contribution is -0.384. The molecule has 0 aromatic carbocycles. The van der Waals surface area contributed by atoms with Crippen molar-refractivity contribution in [3.8, 4) is 0 Å². The van der Waals surface area contributed by atoms with Crippen LogP contribution < -0.4 is 11.1 Å². The molecule has 0 saturated heterocycles. The zero-order chi connectivity index (χ0) is 12.4. The average molecular weight is 238 g/mol. The van der Waals surface area contributed by atoms with Crippen molar-refractivity contribution in [1.29, 1.82) is 0 Å². The van der Waals surface area contributed by atoms with Crippen LogP contribution in [0.2, 0.25) is 0 Å². The van der Waals surface area contributed by atoms with E-state index in [0.717, 1.165) is 12.8 Å². The monoisotopic (exact) mass is 238 g/mol. The summed E-state index contributed by atoms with van der Waals surface area (Å²) in [4.78, 5) is 24.3. The Kier molecular flexibility index (Phi) is 3.10. The minimum Gasteiger partial charge on any atom is -0.351 e. The van der Waals surface area contributed by atoms with Gasteiger partial charge in [0.2, 0.25) is 0 Å². The molecule has 2 rings (SSSR count). The van der Waals surface area contributed by atoms with E-state index in [1.807, 2.05) is 0 Å². The smallest absolute Gasteiger partial charge is 0.287 e. The van der Waals surface area contributed by atoms with E-state index in [0.29, 0.717) is 12.5 Å². The highest BCUT2D eigenvalue weighted by molar-refractivity contribution is 5.93. The Balaban J connectivity index is 2.00. The maximum absolute atomic E-state index is 11.8. The molecule has 7 heteroatoms. The first-order chi connectivity index (χ1) is 8.11. The minimum absolute atomic E-state index is 0.0372. The molecule has 0 aliphatic heterocycles. The van der Waals surface area contributed by atoms with Gasteiger partial charge in [-0.1, -0.05) is 0 Å². The summed E-state index contributed by atoms with van der Waals surface area (Å²) >= 11 is 0. The highest BCUT2D eigenvalue weighted by atomic mass is 16.6. The second kappa shape index (κ2) is 4.54. The number of nitrogens with zero attached hydrogens (tertiary/aromatic N) is 1. The van der Waals surface area contributed by atoms with Crippen LogP contribution in [-0.2, 0) is 0 Å². The number of rotatable bonds is 5. The van der Waals surface area contributed by atoms with Crippen LogP contribution in [0.4, 0.5) is 5.69 Å².